The van der Waals surface area contributed by atoms with Gasteiger partial charge >= 0.3 is 0 Å². The minimum Gasteiger partial charge on any atom is -0.396 e. The van der Waals surface area contributed by atoms with Crippen LogP contribution in [-0.2, 0) is 0 Å². The molecule has 1 rings (SSSR count). The van der Waals surface area contributed by atoms with Crippen molar-refractivity contribution in [1.29, 1.82) is 0 Å². The first kappa shape index (κ1) is 14.9. The Morgan fingerprint density at radius 1 is 1.35 bits per heavy atom. The fourth-order valence-corrected chi connectivity index (χ4v) is 3.20. The first-order chi connectivity index (χ1) is 7.91. The third-order valence-electron chi connectivity index (χ3n) is 4.15. The maximum atomic E-state index is 9.58. The number of likely N-dealkylation sites (tertiary alicyclic amines) is 1. The minimum atomic E-state index is 0.0790. The highest BCUT2D eigenvalue weighted by molar-refractivity contribution is 4.89. The molecule has 0 aromatic carbocycles. The maximum absolute atomic E-state index is 9.58. The van der Waals surface area contributed by atoms with Crippen LogP contribution in [0.4, 0.5) is 0 Å². The van der Waals surface area contributed by atoms with Crippen molar-refractivity contribution in [2.75, 3.05) is 40.3 Å². The lowest BCUT2D eigenvalue weighted by atomic mass is 9.86. The van der Waals surface area contributed by atoms with Gasteiger partial charge in [-0.3, -0.25) is 0 Å². The largest absolute Gasteiger partial charge is 0.396 e. The molecule has 0 amide bonds. The molecule has 0 aliphatic carbocycles. The second kappa shape index (κ2) is 6.17. The lowest BCUT2D eigenvalue weighted by Gasteiger charge is -2.32. The number of likely N-dealkylation sites (N-methyl/N-ethyl adjacent to an activating group) is 1. The van der Waals surface area contributed by atoms with E-state index in [1.165, 1.54) is 6.54 Å². The van der Waals surface area contributed by atoms with Crippen LogP contribution in [0, 0.1) is 11.3 Å². The number of hydrogen-bond donors (Lipinski definition) is 1. The average molecular weight is 242 g/mol. The Morgan fingerprint density at radius 2 is 2.00 bits per heavy atom. The molecule has 1 fully saturated rings. The van der Waals surface area contributed by atoms with Gasteiger partial charge in [0.25, 0.3) is 0 Å². The van der Waals surface area contributed by atoms with Gasteiger partial charge in [-0.2, -0.15) is 0 Å². The van der Waals surface area contributed by atoms with Crippen LogP contribution in [0.5, 0.6) is 0 Å². The van der Waals surface area contributed by atoms with Crippen molar-refractivity contribution < 1.29 is 5.11 Å². The van der Waals surface area contributed by atoms with Crippen molar-refractivity contribution in [3.05, 3.63) is 0 Å². The third-order valence-corrected chi connectivity index (χ3v) is 4.15. The van der Waals surface area contributed by atoms with E-state index in [4.69, 9.17) is 0 Å². The SMILES string of the molecule is CCCC(C)(CO)CN1CC(C)C(N(C)C)C1. The molecule has 1 aliphatic rings. The molecule has 1 heterocycles. The predicted molar refractivity (Wildman–Crippen MR) is 73.2 cm³/mol. The van der Waals surface area contributed by atoms with Crippen LogP contribution >= 0.6 is 0 Å². The molecule has 0 radical (unpaired) electrons. The standard InChI is InChI=1S/C14H30N2O/c1-6-7-14(3,11-17)10-16-8-12(2)13(9-16)15(4)5/h12-13,17H,6-11H2,1-5H3. The zero-order valence-electron chi connectivity index (χ0n) is 12.2. The molecular formula is C14H30N2O. The van der Waals surface area contributed by atoms with E-state index >= 15 is 0 Å². The number of hydrogen-bond acceptors (Lipinski definition) is 3. The van der Waals surface area contributed by atoms with Gasteiger partial charge in [-0.05, 0) is 26.4 Å². The van der Waals surface area contributed by atoms with Crippen molar-refractivity contribution in [3.63, 3.8) is 0 Å². The molecule has 0 bridgehead atoms. The molecule has 1 aliphatic heterocycles. The normalized spacial score (nSPS) is 29.8. The van der Waals surface area contributed by atoms with Gasteiger partial charge < -0.3 is 14.9 Å². The van der Waals surface area contributed by atoms with E-state index in [2.05, 4.69) is 44.7 Å². The molecule has 102 valence electrons. The molecule has 1 N–H and O–H groups in total. The van der Waals surface area contributed by atoms with Gasteiger partial charge in [-0.25, -0.2) is 0 Å². The first-order valence-electron chi connectivity index (χ1n) is 6.91. The monoisotopic (exact) mass is 242 g/mol. The fraction of sp³-hybridized carbons (Fsp3) is 1.00. The third kappa shape index (κ3) is 3.94. The topological polar surface area (TPSA) is 26.7 Å². The van der Waals surface area contributed by atoms with E-state index < -0.39 is 0 Å². The predicted octanol–water partition coefficient (Wildman–Crippen LogP) is 1.67. The van der Waals surface area contributed by atoms with E-state index in [1.807, 2.05) is 0 Å². The first-order valence-corrected chi connectivity index (χ1v) is 6.91. The van der Waals surface area contributed by atoms with Crippen LogP contribution in [0.2, 0.25) is 0 Å². The molecule has 3 atom stereocenters. The van der Waals surface area contributed by atoms with Crippen LogP contribution < -0.4 is 0 Å². The van der Waals surface area contributed by atoms with Gasteiger partial charge in [-0.15, -0.1) is 0 Å². The van der Waals surface area contributed by atoms with E-state index in [0.29, 0.717) is 12.6 Å². The average Bonchev–Trinajstić information content (AvgIpc) is 2.59. The summed E-state index contributed by atoms with van der Waals surface area (Å²) >= 11 is 0. The summed E-state index contributed by atoms with van der Waals surface area (Å²) in [5, 5.41) is 9.58. The number of rotatable bonds is 6. The van der Waals surface area contributed by atoms with Crippen LogP contribution in [-0.4, -0.2) is 61.3 Å². The number of nitrogens with zero attached hydrogens (tertiary/aromatic N) is 2. The van der Waals surface area contributed by atoms with Gasteiger partial charge in [0.2, 0.25) is 0 Å². The van der Waals surface area contributed by atoms with Gasteiger partial charge in [0.05, 0.1) is 0 Å². The number of aliphatic hydroxyl groups is 1. The highest BCUT2D eigenvalue weighted by atomic mass is 16.3. The Kier molecular flexibility index (Phi) is 5.42. The molecule has 17 heavy (non-hydrogen) atoms. The van der Waals surface area contributed by atoms with E-state index in [9.17, 15) is 5.11 Å². The highest BCUT2D eigenvalue weighted by Gasteiger charge is 2.34. The zero-order chi connectivity index (χ0) is 13.1. The molecule has 0 aromatic heterocycles. The maximum Gasteiger partial charge on any atom is 0.0497 e. The Bertz CT molecular complexity index is 232. The smallest absolute Gasteiger partial charge is 0.0497 e. The summed E-state index contributed by atoms with van der Waals surface area (Å²) in [6.45, 7) is 10.4. The van der Waals surface area contributed by atoms with Crippen LogP contribution in [0.1, 0.15) is 33.6 Å². The lowest BCUT2D eigenvalue weighted by Crippen LogP contribution is -2.39. The van der Waals surface area contributed by atoms with E-state index in [-0.39, 0.29) is 5.41 Å². The molecule has 0 aromatic rings. The Balaban J connectivity index is 2.53. The van der Waals surface area contributed by atoms with Crippen molar-refractivity contribution in [2.24, 2.45) is 11.3 Å². The summed E-state index contributed by atoms with van der Waals surface area (Å²) in [6.07, 6.45) is 2.26. The van der Waals surface area contributed by atoms with Gasteiger partial charge in [0.1, 0.15) is 0 Å². The molecule has 3 nitrogen and oxygen atoms in total. The van der Waals surface area contributed by atoms with Crippen molar-refractivity contribution >= 4 is 0 Å². The second-order valence-corrected chi connectivity index (χ2v) is 6.42. The summed E-state index contributed by atoms with van der Waals surface area (Å²) < 4.78 is 0. The van der Waals surface area contributed by atoms with Crippen molar-refractivity contribution in [1.82, 2.24) is 9.80 Å². The van der Waals surface area contributed by atoms with Gasteiger partial charge in [0, 0.05) is 37.7 Å². The summed E-state index contributed by atoms with van der Waals surface area (Å²) in [5.74, 6) is 0.731. The number of aliphatic hydroxyl groups excluding tert-OH is 1. The Labute approximate surface area is 107 Å². The summed E-state index contributed by atoms with van der Waals surface area (Å²) in [6, 6.07) is 0.666. The van der Waals surface area contributed by atoms with E-state index in [1.54, 1.807) is 0 Å². The van der Waals surface area contributed by atoms with E-state index in [0.717, 1.165) is 31.8 Å². The quantitative estimate of drug-likeness (QED) is 0.767. The minimum absolute atomic E-state index is 0.0790. The Morgan fingerprint density at radius 3 is 2.41 bits per heavy atom. The van der Waals surface area contributed by atoms with Crippen molar-refractivity contribution in [3.8, 4) is 0 Å². The fourth-order valence-electron chi connectivity index (χ4n) is 3.20. The summed E-state index contributed by atoms with van der Waals surface area (Å²) in [7, 11) is 4.34. The zero-order valence-corrected chi connectivity index (χ0v) is 12.2. The molecule has 0 saturated carbocycles. The molecule has 3 unspecified atom stereocenters. The van der Waals surface area contributed by atoms with Gasteiger partial charge in [0.15, 0.2) is 0 Å². The second-order valence-electron chi connectivity index (χ2n) is 6.42. The van der Waals surface area contributed by atoms with Crippen LogP contribution in [0.15, 0.2) is 0 Å². The molecule has 1 saturated heterocycles. The molecular weight excluding hydrogens is 212 g/mol. The lowest BCUT2D eigenvalue weighted by molar-refractivity contribution is 0.0866. The summed E-state index contributed by atoms with van der Waals surface area (Å²) in [5.41, 5.74) is 0.0790. The molecule has 0 spiro atoms. The molecule has 3 heteroatoms. The Hall–Kier alpha value is -0.120. The van der Waals surface area contributed by atoms with Crippen LogP contribution in [0.3, 0.4) is 0 Å². The summed E-state index contributed by atoms with van der Waals surface area (Å²) in [4.78, 5) is 4.86. The van der Waals surface area contributed by atoms with Crippen molar-refractivity contribution in [2.45, 2.75) is 39.7 Å². The van der Waals surface area contributed by atoms with Crippen LogP contribution in [0.25, 0.3) is 0 Å². The van der Waals surface area contributed by atoms with Gasteiger partial charge in [-0.1, -0.05) is 27.2 Å². The highest BCUT2D eigenvalue weighted by Crippen LogP contribution is 2.28.